The van der Waals surface area contributed by atoms with Crippen molar-refractivity contribution in [1.29, 1.82) is 10.5 Å². The molecule has 0 bridgehead atoms. The van der Waals surface area contributed by atoms with Gasteiger partial charge in [-0.15, -0.1) is 0 Å². The van der Waals surface area contributed by atoms with Gasteiger partial charge in [0.15, 0.2) is 11.6 Å². The molecule has 27 heavy (non-hydrogen) atoms. The zero-order chi connectivity index (χ0) is 19.4. The van der Waals surface area contributed by atoms with E-state index in [1.54, 1.807) is 54.6 Å². The molecule has 3 aromatic rings. The lowest BCUT2D eigenvalue weighted by Gasteiger charge is -2.16. The Morgan fingerprint density at radius 3 is 2.04 bits per heavy atom. The molecule has 1 N–H and O–H groups in total. The largest absolute Gasteiger partial charge is 0.352 e. The molecule has 0 radical (unpaired) electrons. The van der Waals surface area contributed by atoms with E-state index in [2.05, 4.69) is 5.32 Å². The van der Waals surface area contributed by atoms with E-state index < -0.39 is 22.8 Å². The third kappa shape index (κ3) is 3.76. The van der Waals surface area contributed by atoms with Crippen LogP contribution in [-0.4, -0.2) is 0 Å². The number of para-hydroxylation sites is 1. The highest BCUT2D eigenvalue weighted by Crippen LogP contribution is 2.41. The van der Waals surface area contributed by atoms with Crippen LogP contribution in [0.5, 0.6) is 0 Å². The first-order chi connectivity index (χ1) is 13.0. The van der Waals surface area contributed by atoms with Crippen molar-refractivity contribution in [3.63, 3.8) is 0 Å². The number of benzene rings is 3. The lowest BCUT2D eigenvalue weighted by atomic mass is 10.1. The third-order valence-corrected chi connectivity index (χ3v) is 4.94. The second kappa shape index (κ2) is 7.90. The van der Waals surface area contributed by atoms with Gasteiger partial charge in [0.2, 0.25) is 0 Å². The molecule has 132 valence electrons. The van der Waals surface area contributed by atoms with Gasteiger partial charge < -0.3 is 5.32 Å². The molecule has 0 atom stereocenters. The van der Waals surface area contributed by atoms with Crippen LogP contribution in [0.3, 0.4) is 0 Å². The number of aryl methyl sites for hydroxylation is 1. The van der Waals surface area contributed by atoms with Gasteiger partial charge in [-0.3, -0.25) is 0 Å². The quantitative estimate of drug-likeness (QED) is 0.614. The maximum Gasteiger partial charge on any atom is 0.167 e. The average Bonchev–Trinajstić information content (AvgIpc) is 2.69. The van der Waals surface area contributed by atoms with Crippen LogP contribution >= 0.6 is 11.8 Å². The predicted octanol–water partition coefficient (Wildman–Crippen LogP) is 5.91. The van der Waals surface area contributed by atoms with Gasteiger partial charge in [0, 0.05) is 10.6 Å². The molecule has 0 saturated heterocycles. The second-order valence-corrected chi connectivity index (χ2v) is 6.80. The van der Waals surface area contributed by atoms with Crippen molar-refractivity contribution < 1.29 is 8.78 Å². The first-order valence-electron chi connectivity index (χ1n) is 7.97. The van der Waals surface area contributed by atoms with Gasteiger partial charge in [0.05, 0.1) is 10.6 Å². The van der Waals surface area contributed by atoms with Crippen molar-refractivity contribution in [3.8, 4) is 12.1 Å². The fraction of sp³-hybridized carbons (Fsp3) is 0.0476. The second-order valence-electron chi connectivity index (χ2n) is 5.71. The van der Waals surface area contributed by atoms with Crippen LogP contribution in [-0.2, 0) is 0 Å². The SMILES string of the molecule is Cc1ccc(Sc2c(F)c(C#N)c(C#N)c(F)c2Nc2ccccc2)cc1. The maximum absolute atomic E-state index is 15.0. The van der Waals surface area contributed by atoms with E-state index in [-0.39, 0.29) is 10.6 Å². The van der Waals surface area contributed by atoms with Gasteiger partial charge >= 0.3 is 0 Å². The van der Waals surface area contributed by atoms with E-state index in [0.29, 0.717) is 10.6 Å². The van der Waals surface area contributed by atoms with E-state index in [1.165, 1.54) is 0 Å². The Balaban J connectivity index is 2.19. The van der Waals surface area contributed by atoms with E-state index in [1.807, 2.05) is 19.1 Å². The molecule has 0 amide bonds. The van der Waals surface area contributed by atoms with Crippen LogP contribution in [0, 0.1) is 41.2 Å². The van der Waals surface area contributed by atoms with E-state index in [0.717, 1.165) is 17.3 Å². The Kier molecular flexibility index (Phi) is 5.40. The van der Waals surface area contributed by atoms with Gasteiger partial charge in [-0.05, 0) is 31.2 Å². The molecular weight excluding hydrogens is 364 g/mol. The van der Waals surface area contributed by atoms with E-state index in [9.17, 15) is 14.9 Å². The standard InChI is InChI=1S/C21H13F2N3S/c1-13-7-9-15(10-8-13)27-21-19(23)17(12-25)16(11-24)18(22)20(21)26-14-5-3-2-4-6-14/h2-10,26H,1H3. The maximum atomic E-state index is 15.0. The van der Waals surface area contributed by atoms with Crippen LogP contribution < -0.4 is 5.32 Å². The highest BCUT2D eigenvalue weighted by Gasteiger charge is 2.25. The topological polar surface area (TPSA) is 59.6 Å². The first-order valence-corrected chi connectivity index (χ1v) is 8.78. The minimum absolute atomic E-state index is 0.0734. The van der Waals surface area contributed by atoms with Crippen molar-refractivity contribution in [2.24, 2.45) is 0 Å². The van der Waals surface area contributed by atoms with Crippen LogP contribution in [0.25, 0.3) is 0 Å². The Morgan fingerprint density at radius 1 is 0.852 bits per heavy atom. The number of hydrogen-bond acceptors (Lipinski definition) is 4. The zero-order valence-corrected chi connectivity index (χ0v) is 15.1. The summed E-state index contributed by atoms with van der Waals surface area (Å²) in [6.45, 7) is 1.92. The van der Waals surface area contributed by atoms with Gasteiger partial charge in [0.1, 0.15) is 23.3 Å². The molecule has 6 heteroatoms. The minimum atomic E-state index is -0.950. The highest BCUT2D eigenvalue weighted by molar-refractivity contribution is 7.99. The zero-order valence-electron chi connectivity index (χ0n) is 14.3. The van der Waals surface area contributed by atoms with Gasteiger partial charge in [-0.2, -0.15) is 10.5 Å². The normalized spacial score (nSPS) is 10.1. The van der Waals surface area contributed by atoms with Gasteiger partial charge in [-0.25, -0.2) is 8.78 Å². The molecule has 0 unspecified atom stereocenters. The summed E-state index contributed by atoms with van der Waals surface area (Å²) in [6, 6.07) is 19.2. The van der Waals surface area contributed by atoms with Crippen molar-refractivity contribution in [1.82, 2.24) is 0 Å². The van der Waals surface area contributed by atoms with Gasteiger partial charge in [-0.1, -0.05) is 47.7 Å². The molecule has 0 fully saturated rings. The van der Waals surface area contributed by atoms with Crippen molar-refractivity contribution in [3.05, 3.63) is 82.9 Å². The molecule has 0 aliphatic carbocycles. The summed E-state index contributed by atoms with van der Waals surface area (Å²) in [5.41, 5.74) is 0.200. The molecular formula is C21H13F2N3S. The molecule has 0 aliphatic rings. The van der Waals surface area contributed by atoms with Crippen molar-refractivity contribution in [2.45, 2.75) is 16.7 Å². The predicted molar refractivity (Wildman–Crippen MR) is 101 cm³/mol. The van der Waals surface area contributed by atoms with Crippen LogP contribution in [0.15, 0.2) is 64.4 Å². The molecule has 0 heterocycles. The lowest BCUT2D eigenvalue weighted by Crippen LogP contribution is -2.05. The Bertz CT molecular complexity index is 1070. The van der Waals surface area contributed by atoms with Crippen LogP contribution in [0.4, 0.5) is 20.2 Å². The Morgan fingerprint density at radius 2 is 1.44 bits per heavy atom. The summed E-state index contributed by atoms with van der Waals surface area (Å²) in [5, 5.41) is 21.3. The first kappa shape index (κ1) is 18.4. The molecule has 0 aromatic heterocycles. The summed E-state index contributed by atoms with van der Waals surface area (Å²) in [4.78, 5) is 0.611. The number of anilines is 2. The number of halogens is 2. The lowest BCUT2D eigenvalue weighted by molar-refractivity contribution is 0.575. The summed E-state index contributed by atoms with van der Waals surface area (Å²) in [6.07, 6.45) is 0. The fourth-order valence-corrected chi connectivity index (χ4v) is 3.42. The number of rotatable bonds is 4. The fourth-order valence-electron chi connectivity index (χ4n) is 2.47. The van der Waals surface area contributed by atoms with Crippen LogP contribution in [0.1, 0.15) is 16.7 Å². The minimum Gasteiger partial charge on any atom is -0.352 e. The summed E-state index contributed by atoms with van der Waals surface area (Å²) < 4.78 is 30.0. The summed E-state index contributed by atoms with van der Waals surface area (Å²) in [5.74, 6) is -1.87. The summed E-state index contributed by atoms with van der Waals surface area (Å²) in [7, 11) is 0. The van der Waals surface area contributed by atoms with Crippen LogP contribution in [0.2, 0.25) is 0 Å². The molecule has 0 aliphatic heterocycles. The van der Waals surface area contributed by atoms with Crippen molar-refractivity contribution in [2.75, 3.05) is 5.32 Å². The number of nitrogens with zero attached hydrogens (tertiary/aromatic N) is 2. The van der Waals surface area contributed by atoms with Crippen molar-refractivity contribution >= 4 is 23.1 Å². The summed E-state index contributed by atoms with van der Waals surface area (Å²) >= 11 is 0.994. The molecule has 3 aromatic carbocycles. The Hall–Kier alpha value is -3.35. The van der Waals surface area contributed by atoms with Gasteiger partial charge in [0.25, 0.3) is 0 Å². The number of hydrogen-bond donors (Lipinski definition) is 1. The Labute approximate surface area is 159 Å². The third-order valence-electron chi connectivity index (χ3n) is 3.84. The molecule has 0 spiro atoms. The molecule has 3 rings (SSSR count). The molecule has 0 saturated carbocycles. The molecule has 3 nitrogen and oxygen atoms in total. The number of nitriles is 2. The monoisotopic (exact) mass is 377 g/mol. The highest BCUT2D eigenvalue weighted by atomic mass is 32.2. The average molecular weight is 377 g/mol. The van der Waals surface area contributed by atoms with E-state index >= 15 is 4.39 Å². The van der Waals surface area contributed by atoms with E-state index in [4.69, 9.17) is 0 Å². The number of nitrogens with one attached hydrogen (secondary N) is 1. The smallest absolute Gasteiger partial charge is 0.167 e.